The fourth-order valence-corrected chi connectivity index (χ4v) is 2.10. The first kappa shape index (κ1) is 10.1. The first-order valence-electron chi connectivity index (χ1n) is 3.52. The van der Waals surface area contributed by atoms with Crippen molar-refractivity contribution in [3.63, 3.8) is 0 Å². The predicted molar refractivity (Wildman–Crippen MR) is 54.5 cm³/mol. The predicted octanol–water partition coefficient (Wildman–Crippen LogP) is 2.89. The maximum Gasteiger partial charge on any atom is 0.0248 e. The van der Waals surface area contributed by atoms with Crippen LogP contribution in [0.1, 0.15) is 24.3 Å². The Kier molecular flexibility index (Phi) is 4.93. The molecule has 0 nitrogen and oxygen atoms in total. The average Bonchev–Trinajstić information content (AvgIpc) is 2.16. The Bertz CT molecular complexity index is 172. The van der Waals surface area contributed by atoms with E-state index in [1.54, 1.807) is 0 Å². The van der Waals surface area contributed by atoms with Gasteiger partial charge < -0.3 is 0 Å². The van der Waals surface area contributed by atoms with Gasteiger partial charge in [0.1, 0.15) is 0 Å². The minimum absolute atomic E-state index is 1.36. The molecule has 0 radical (unpaired) electrons. The fraction of sp³-hybridized carbons (Fsp3) is 0.500. The van der Waals surface area contributed by atoms with Gasteiger partial charge in [0, 0.05) is 9.50 Å². The van der Waals surface area contributed by atoms with Crippen LogP contribution in [0.25, 0.3) is 0 Å². The lowest BCUT2D eigenvalue weighted by molar-refractivity contribution is 1.50. The highest BCUT2D eigenvalue weighted by atomic mass is 32.1. The highest BCUT2D eigenvalue weighted by Crippen LogP contribution is 2.11. The molecule has 1 aromatic heterocycles. The smallest absolute Gasteiger partial charge is 0.0248 e. The minimum atomic E-state index is 1.36. The van der Waals surface area contributed by atoms with E-state index in [-0.39, 0.29) is 0 Å². The number of hydrogen-bond donors (Lipinski definition) is 0. The van der Waals surface area contributed by atoms with Gasteiger partial charge in [-0.1, -0.05) is 23.1 Å². The van der Waals surface area contributed by atoms with Crippen LogP contribution in [-0.2, 0) is 0 Å². The summed E-state index contributed by atoms with van der Waals surface area (Å²) in [7, 11) is 2.73. The normalized spacial score (nSPS) is 8.50. The summed E-state index contributed by atoms with van der Waals surface area (Å²) in [6.45, 7) is 8.26. The van der Waals surface area contributed by atoms with Crippen LogP contribution < -0.4 is 4.62 Å². The van der Waals surface area contributed by atoms with Crippen LogP contribution in [0.2, 0.25) is 0 Å². The highest BCUT2D eigenvalue weighted by Gasteiger charge is 1.93. The summed E-state index contributed by atoms with van der Waals surface area (Å²) in [4.78, 5) is 1.40. The Hall–Kier alpha value is 0.130. The Morgan fingerprint density at radius 3 is 1.90 bits per heavy atom. The van der Waals surface area contributed by atoms with Crippen LogP contribution in [0.15, 0.2) is 6.07 Å². The van der Waals surface area contributed by atoms with E-state index < -0.39 is 0 Å². The van der Waals surface area contributed by atoms with Crippen molar-refractivity contribution in [1.82, 2.24) is 0 Å². The maximum atomic E-state index is 2.73. The second-order valence-corrected chi connectivity index (χ2v) is 4.19. The molecule has 0 aromatic carbocycles. The molecule has 0 aliphatic rings. The van der Waals surface area contributed by atoms with Gasteiger partial charge in [-0.15, -0.1) is 11.3 Å². The molecule has 0 aliphatic heterocycles. The van der Waals surface area contributed by atoms with Crippen molar-refractivity contribution in [2.24, 2.45) is 0 Å². The number of aryl methyl sites for hydroxylation is 2. The van der Waals surface area contributed by atoms with E-state index in [4.69, 9.17) is 0 Å². The molecule has 0 fully saturated rings. The SMILES string of the molecule is CC.Cc1cc(C)c(P)s1. The topological polar surface area (TPSA) is 0 Å². The summed E-state index contributed by atoms with van der Waals surface area (Å²) in [5.74, 6) is 0. The molecule has 0 saturated heterocycles. The lowest BCUT2D eigenvalue weighted by Crippen LogP contribution is -1.81. The first-order valence-corrected chi connectivity index (χ1v) is 4.92. The Balaban J connectivity index is 0.000000371. The van der Waals surface area contributed by atoms with Crippen LogP contribution in [-0.4, -0.2) is 0 Å². The van der Waals surface area contributed by atoms with Gasteiger partial charge in [0.2, 0.25) is 0 Å². The summed E-state index contributed by atoms with van der Waals surface area (Å²) >= 11 is 1.83. The molecule has 1 aromatic rings. The molecule has 2 heteroatoms. The third kappa shape index (κ3) is 2.81. The fourth-order valence-electron chi connectivity index (χ4n) is 0.659. The Morgan fingerprint density at radius 1 is 1.30 bits per heavy atom. The summed E-state index contributed by atoms with van der Waals surface area (Å²) in [6, 6.07) is 2.20. The van der Waals surface area contributed by atoms with E-state index in [9.17, 15) is 0 Å². The van der Waals surface area contributed by atoms with Crippen molar-refractivity contribution in [3.05, 3.63) is 16.5 Å². The molecule has 10 heavy (non-hydrogen) atoms. The van der Waals surface area contributed by atoms with Gasteiger partial charge in [-0.3, -0.25) is 0 Å². The third-order valence-corrected chi connectivity index (χ3v) is 2.87. The van der Waals surface area contributed by atoms with Crippen molar-refractivity contribution < 1.29 is 0 Å². The van der Waals surface area contributed by atoms with Crippen LogP contribution >= 0.6 is 20.6 Å². The quantitative estimate of drug-likeness (QED) is 0.530. The van der Waals surface area contributed by atoms with Crippen molar-refractivity contribution in [3.8, 4) is 0 Å². The van der Waals surface area contributed by atoms with Crippen molar-refractivity contribution in [2.45, 2.75) is 27.7 Å². The molecule has 1 rings (SSSR count). The van der Waals surface area contributed by atoms with Gasteiger partial charge in [-0.2, -0.15) is 0 Å². The maximum absolute atomic E-state index is 2.73. The van der Waals surface area contributed by atoms with Gasteiger partial charge in [0.25, 0.3) is 0 Å². The van der Waals surface area contributed by atoms with Crippen LogP contribution in [0.4, 0.5) is 0 Å². The lowest BCUT2D eigenvalue weighted by Gasteiger charge is -1.79. The standard InChI is InChI=1S/C6H9PS.C2H6/c1-4-3-5(2)8-6(4)7;1-2/h3H,7H2,1-2H3;1-2H3. The molecule has 1 unspecified atom stereocenters. The van der Waals surface area contributed by atoms with Gasteiger partial charge in [0.15, 0.2) is 0 Å². The monoisotopic (exact) mass is 174 g/mol. The number of rotatable bonds is 0. The molecule has 0 amide bonds. The van der Waals surface area contributed by atoms with E-state index >= 15 is 0 Å². The summed E-state index contributed by atoms with van der Waals surface area (Å²) < 4.78 is 1.36. The van der Waals surface area contributed by atoms with E-state index in [1.165, 1.54) is 15.1 Å². The molecular weight excluding hydrogens is 159 g/mol. The summed E-state index contributed by atoms with van der Waals surface area (Å²) in [5, 5.41) is 0. The van der Waals surface area contributed by atoms with Crippen molar-refractivity contribution >= 4 is 25.2 Å². The highest BCUT2D eigenvalue weighted by molar-refractivity contribution is 7.43. The van der Waals surface area contributed by atoms with E-state index in [2.05, 4.69) is 29.2 Å². The Labute approximate surface area is 69.9 Å². The number of thiophene rings is 1. The summed E-state index contributed by atoms with van der Waals surface area (Å²) in [6.07, 6.45) is 0. The van der Waals surface area contributed by atoms with Gasteiger partial charge >= 0.3 is 0 Å². The van der Waals surface area contributed by atoms with E-state index in [1.807, 2.05) is 25.2 Å². The van der Waals surface area contributed by atoms with Crippen LogP contribution in [0.3, 0.4) is 0 Å². The molecular formula is C8H15PS. The summed E-state index contributed by atoms with van der Waals surface area (Å²) in [5.41, 5.74) is 1.39. The third-order valence-electron chi connectivity index (χ3n) is 1.08. The van der Waals surface area contributed by atoms with Gasteiger partial charge in [-0.25, -0.2) is 0 Å². The molecule has 0 spiro atoms. The molecule has 0 bridgehead atoms. The molecule has 0 N–H and O–H groups in total. The van der Waals surface area contributed by atoms with Crippen LogP contribution in [0.5, 0.6) is 0 Å². The minimum Gasteiger partial charge on any atom is -0.141 e. The second kappa shape index (κ2) is 4.87. The van der Waals surface area contributed by atoms with Crippen LogP contribution in [0, 0.1) is 13.8 Å². The molecule has 58 valence electrons. The van der Waals surface area contributed by atoms with E-state index in [0.717, 1.165) is 0 Å². The van der Waals surface area contributed by atoms with Crippen molar-refractivity contribution in [1.29, 1.82) is 0 Å². The molecule has 1 heterocycles. The zero-order chi connectivity index (χ0) is 8.15. The zero-order valence-corrected chi connectivity index (χ0v) is 9.03. The van der Waals surface area contributed by atoms with E-state index in [0.29, 0.717) is 0 Å². The second-order valence-electron chi connectivity index (χ2n) is 1.90. The molecule has 0 saturated carbocycles. The van der Waals surface area contributed by atoms with Gasteiger partial charge in [-0.05, 0) is 25.5 Å². The largest absolute Gasteiger partial charge is 0.141 e. The lowest BCUT2D eigenvalue weighted by atomic mass is 10.4. The van der Waals surface area contributed by atoms with Crippen molar-refractivity contribution in [2.75, 3.05) is 0 Å². The van der Waals surface area contributed by atoms with Gasteiger partial charge in [0.05, 0.1) is 0 Å². The Morgan fingerprint density at radius 2 is 1.80 bits per heavy atom. The molecule has 0 aliphatic carbocycles. The zero-order valence-electron chi connectivity index (χ0n) is 7.06. The first-order chi connectivity index (χ1) is 4.70. The average molecular weight is 174 g/mol. The molecule has 1 atom stereocenters. The number of hydrogen-bond acceptors (Lipinski definition) is 1.